The molecule has 5 heteroatoms. The Labute approximate surface area is 109 Å². The minimum absolute atomic E-state index is 0.0509. The highest BCUT2D eigenvalue weighted by atomic mass is 35.5. The van der Waals surface area contributed by atoms with Crippen LogP contribution < -0.4 is 5.32 Å². The van der Waals surface area contributed by atoms with Gasteiger partial charge in [0.2, 0.25) is 0 Å². The number of anilines is 1. The predicted octanol–water partition coefficient (Wildman–Crippen LogP) is 3.00. The number of hydrogen-bond donors (Lipinski definition) is 2. The van der Waals surface area contributed by atoms with Gasteiger partial charge in [0.25, 0.3) is 5.91 Å². The lowest BCUT2D eigenvalue weighted by Crippen LogP contribution is -2.12. The first kappa shape index (κ1) is 12.4. The van der Waals surface area contributed by atoms with Crippen LogP contribution in [0.2, 0.25) is 5.02 Å². The van der Waals surface area contributed by atoms with Crippen molar-refractivity contribution in [3.8, 4) is 5.75 Å². The second-order valence-electron chi connectivity index (χ2n) is 3.81. The predicted molar refractivity (Wildman–Crippen MR) is 70.0 cm³/mol. The number of aryl methyl sites for hydroxylation is 1. The van der Waals surface area contributed by atoms with E-state index < -0.39 is 0 Å². The number of nitrogens with one attached hydrogen (secondary N) is 1. The summed E-state index contributed by atoms with van der Waals surface area (Å²) in [6.45, 7) is 1.85. The molecule has 1 aromatic heterocycles. The summed E-state index contributed by atoms with van der Waals surface area (Å²) in [4.78, 5) is 15.9. The first-order valence-electron chi connectivity index (χ1n) is 5.29. The number of carbonyl (C=O) groups excluding carboxylic acids is 1. The molecule has 2 aromatic rings. The van der Waals surface area contributed by atoms with Crippen molar-refractivity contribution >= 4 is 23.2 Å². The average Bonchev–Trinajstić information content (AvgIpc) is 2.33. The Morgan fingerprint density at radius 2 is 2.11 bits per heavy atom. The van der Waals surface area contributed by atoms with Gasteiger partial charge in [0.1, 0.15) is 5.75 Å². The van der Waals surface area contributed by atoms with Gasteiger partial charge in [0.05, 0.1) is 16.3 Å². The summed E-state index contributed by atoms with van der Waals surface area (Å²) < 4.78 is 0. The molecule has 0 aliphatic heterocycles. The van der Waals surface area contributed by atoms with Gasteiger partial charge in [-0.25, -0.2) is 0 Å². The lowest BCUT2D eigenvalue weighted by atomic mass is 10.2. The molecule has 1 amide bonds. The number of amides is 1. The first-order chi connectivity index (χ1) is 8.56. The van der Waals surface area contributed by atoms with Crippen molar-refractivity contribution in [2.75, 3.05) is 5.32 Å². The van der Waals surface area contributed by atoms with E-state index in [0.717, 1.165) is 5.69 Å². The van der Waals surface area contributed by atoms with E-state index in [-0.39, 0.29) is 16.7 Å². The maximum Gasteiger partial charge on any atom is 0.257 e. The SMILES string of the molecule is Cc1ccc(C(=O)Nc2ccc(O)cc2Cl)cn1. The third-order valence-electron chi connectivity index (χ3n) is 2.37. The van der Waals surface area contributed by atoms with Gasteiger partial charge >= 0.3 is 0 Å². The molecule has 92 valence electrons. The molecule has 0 saturated heterocycles. The molecule has 0 fully saturated rings. The lowest BCUT2D eigenvalue weighted by molar-refractivity contribution is 0.102. The highest BCUT2D eigenvalue weighted by molar-refractivity contribution is 6.34. The maximum absolute atomic E-state index is 11.9. The number of aromatic nitrogens is 1. The molecule has 1 heterocycles. The Bertz CT molecular complexity index is 582. The number of aromatic hydroxyl groups is 1. The van der Waals surface area contributed by atoms with Gasteiger partial charge in [-0.15, -0.1) is 0 Å². The molecular formula is C13H11ClN2O2. The monoisotopic (exact) mass is 262 g/mol. The fraction of sp³-hybridized carbons (Fsp3) is 0.0769. The number of nitrogens with zero attached hydrogens (tertiary/aromatic N) is 1. The molecule has 2 rings (SSSR count). The van der Waals surface area contributed by atoms with Crippen LogP contribution in [-0.2, 0) is 0 Å². The summed E-state index contributed by atoms with van der Waals surface area (Å²) >= 11 is 5.90. The number of pyridine rings is 1. The first-order valence-corrected chi connectivity index (χ1v) is 5.66. The quantitative estimate of drug-likeness (QED) is 0.818. The van der Waals surface area contributed by atoms with Crippen molar-refractivity contribution in [3.05, 3.63) is 52.8 Å². The van der Waals surface area contributed by atoms with E-state index >= 15 is 0 Å². The normalized spacial score (nSPS) is 10.1. The third kappa shape index (κ3) is 2.78. The number of phenolic OH excluding ortho intramolecular Hbond substituents is 1. The summed E-state index contributed by atoms with van der Waals surface area (Å²) in [7, 11) is 0. The Kier molecular flexibility index (Phi) is 3.48. The van der Waals surface area contributed by atoms with Crippen LogP contribution in [0.5, 0.6) is 5.75 Å². The molecule has 0 bridgehead atoms. The summed E-state index contributed by atoms with van der Waals surface area (Å²) in [5.41, 5.74) is 1.74. The van der Waals surface area contributed by atoms with Gasteiger partial charge in [-0.1, -0.05) is 11.6 Å². The highest BCUT2D eigenvalue weighted by Crippen LogP contribution is 2.26. The van der Waals surface area contributed by atoms with Crippen molar-refractivity contribution in [2.24, 2.45) is 0 Å². The van der Waals surface area contributed by atoms with E-state index in [2.05, 4.69) is 10.3 Å². The van der Waals surface area contributed by atoms with Gasteiger partial charge in [0, 0.05) is 18.0 Å². The summed E-state index contributed by atoms with van der Waals surface area (Å²) in [6.07, 6.45) is 1.50. The van der Waals surface area contributed by atoms with Crippen LogP contribution in [0.15, 0.2) is 36.5 Å². The van der Waals surface area contributed by atoms with Crippen molar-refractivity contribution in [1.29, 1.82) is 0 Å². The van der Waals surface area contributed by atoms with Crippen LogP contribution >= 0.6 is 11.6 Å². The molecule has 0 spiro atoms. The van der Waals surface area contributed by atoms with Gasteiger partial charge in [-0.2, -0.15) is 0 Å². The summed E-state index contributed by atoms with van der Waals surface area (Å²) in [5, 5.41) is 12.1. The number of rotatable bonds is 2. The zero-order chi connectivity index (χ0) is 13.1. The van der Waals surface area contributed by atoms with E-state index in [0.29, 0.717) is 11.3 Å². The van der Waals surface area contributed by atoms with Crippen LogP contribution in [0, 0.1) is 6.92 Å². The highest BCUT2D eigenvalue weighted by Gasteiger charge is 2.09. The number of carbonyl (C=O) groups is 1. The smallest absolute Gasteiger partial charge is 0.257 e. The minimum Gasteiger partial charge on any atom is -0.508 e. The van der Waals surface area contributed by atoms with Crippen LogP contribution in [0.1, 0.15) is 16.1 Å². The summed E-state index contributed by atoms with van der Waals surface area (Å²) in [5.74, 6) is -0.245. The van der Waals surface area contributed by atoms with Crippen LogP contribution in [0.25, 0.3) is 0 Å². The molecule has 18 heavy (non-hydrogen) atoms. The molecule has 0 aliphatic carbocycles. The minimum atomic E-state index is -0.296. The zero-order valence-electron chi connectivity index (χ0n) is 9.64. The number of hydrogen-bond acceptors (Lipinski definition) is 3. The van der Waals surface area contributed by atoms with E-state index in [1.807, 2.05) is 6.92 Å². The fourth-order valence-corrected chi connectivity index (χ4v) is 1.62. The van der Waals surface area contributed by atoms with Gasteiger partial charge < -0.3 is 10.4 Å². The van der Waals surface area contributed by atoms with Crippen LogP contribution in [-0.4, -0.2) is 16.0 Å². The van der Waals surface area contributed by atoms with Crippen molar-refractivity contribution in [2.45, 2.75) is 6.92 Å². The van der Waals surface area contributed by atoms with E-state index in [4.69, 9.17) is 11.6 Å². The second-order valence-corrected chi connectivity index (χ2v) is 4.21. The Balaban J connectivity index is 2.18. The molecule has 0 radical (unpaired) electrons. The molecule has 2 N–H and O–H groups in total. The molecule has 0 atom stereocenters. The van der Waals surface area contributed by atoms with Gasteiger partial charge in [-0.3, -0.25) is 9.78 Å². The molecule has 1 aromatic carbocycles. The fourth-order valence-electron chi connectivity index (χ4n) is 1.40. The molecule has 0 unspecified atom stereocenters. The van der Waals surface area contributed by atoms with Gasteiger partial charge in [0.15, 0.2) is 0 Å². The molecular weight excluding hydrogens is 252 g/mol. The number of phenols is 1. The Morgan fingerprint density at radius 1 is 1.33 bits per heavy atom. The maximum atomic E-state index is 11.9. The number of benzene rings is 1. The van der Waals surface area contributed by atoms with E-state index in [1.54, 1.807) is 12.1 Å². The number of halogens is 1. The third-order valence-corrected chi connectivity index (χ3v) is 2.69. The average molecular weight is 263 g/mol. The lowest BCUT2D eigenvalue weighted by Gasteiger charge is -2.07. The topological polar surface area (TPSA) is 62.2 Å². The second kappa shape index (κ2) is 5.06. The van der Waals surface area contributed by atoms with Crippen LogP contribution in [0.4, 0.5) is 5.69 Å². The summed E-state index contributed by atoms with van der Waals surface area (Å²) in [6, 6.07) is 7.80. The van der Waals surface area contributed by atoms with Gasteiger partial charge in [-0.05, 0) is 31.2 Å². The zero-order valence-corrected chi connectivity index (χ0v) is 10.4. The van der Waals surface area contributed by atoms with E-state index in [9.17, 15) is 9.90 Å². The molecule has 4 nitrogen and oxygen atoms in total. The Hall–Kier alpha value is -2.07. The molecule has 0 aliphatic rings. The van der Waals surface area contributed by atoms with Crippen molar-refractivity contribution in [1.82, 2.24) is 4.98 Å². The van der Waals surface area contributed by atoms with Crippen molar-refractivity contribution < 1.29 is 9.90 Å². The standard InChI is InChI=1S/C13H11ClN2O2/c1-8-2-3-9(7-15-8)13(18)16-12-5-4-10(17)6-11(12)14/h2-7,17H,1H3,(H,16,18). The largest absolute Gasteiger partial charge is 0.508 e. The Morgan fingerprint density at radius 3 is 2.72 bits per heavy atom. The van der Waals surface area contributed by atoms with Crippen molar-refractivity contribution in [3.63, 3.8) is 0 Å². The van der Waals surface area contributed by atoms with E-state index in [1.165, 1.54) is 24.4 Å². The molecule has 0 saturated carbocycles. The van der Waals surface area contributed by atoms with Crippen LogP contribution in [0.3, 0.4) is 0 Å².